The van der Waals surface area contributed by atoms with E-state index in [0.29, 0.717) is 17.5 Å². The second-order valence-electron chi connectivity index (χ2n) is 15.1. The van der Waals surface area contributed by atoms with Crippen LogP contribution in [0.15, 0.2) is 224 Å². The summed E-state index contributed by atoms with van der Waals surface area (Å²) in [7, 11) is 0. The van der Waals surface area contributed by atoms with Gasteiger partial charge in [0.2, 0.25) is 0 Å². The molecule has 3 nitrogen and oxygen atoms in total. The van der Waals surface area contributed by atoms with E-state index in [-0.39, 0.29) is 0 Å². The summed E-state index contributed by atoms with van der Waals surface area (Å²) < 4.78 is 0. The number of nitrogens with zero attached hydrogens (tertiary/aromatic N) is 3. The normalized spacial score (nSPS) is 11.3. The zero-order valence-corrected chi connectivity index (χ0v) is 32.7. The van der Waals surface area contributed by atoms with Crippen LogP contribution in [-0.4, -0.2) is 15.0 Å². The fourth-order valence-corrected chi connectivity index (χ4v) is 8.65. The van der Waals surface area contributed by atoms with Crippen molar-refractivity contribution in [1.82, 2.24) is 15.0 Å². The molecule has 280 valence electrons. The van der Waals surface area contributed by atoms with Gasteiger partial charge in [0.15, 0.2) is 17.5 Å². The third-order valence-corrected chi connectivity index (χ3v) is 11.6. The van der Waals surface area contributed by atoms with Crippen LogP contribution in [0.2, 0.25) is 0 Å². The van der Waals surface area contributed by atoms with E-state index in [1.807, 2.05) is 0 Å². The highest BCUT2D eigenvalue weighted by molar-refractivity contribution is 6.05. The predicted octanol–water partition coefficient (Wildman–Crippen LogP) is 15.0. The highest BCUT2D eigenvalue weighted by atomic mass is 15.0. The second kappa shape index (κ2) is 15.1. The molecule has 0 radical (unpaired) electrons. The lowest BCUT2D eigenvalue weighted by atomic mass is 9.92. The standard InChI is InChI=1S/C57H37N3/c1-3-15-38(16-4-1)48-27-13-30-53-49(28-14-29-52(48)53)44-22-11-23-45(37-44)56-58-55(43-33-31-42(32-34-43)47-26-12-21-39-19-7-9-24-46(39)47)59-57(60-56)54-50-25-10-8-20-41(50)35-36-51(54)40-17-5-2-6-18-40/h1-37H. The molecule has 1 aromatic heterocycles. The van der Waals surface area contributed by atoms with Gasteiger partial charge in [-0.2, -0.15) is 0 Å². The van der Waals surface area contributed by atoms with Gasteiger partial charge in [-0.05, 0) is 82.9 Å². The van der Waals surface area contributed by atoms with Crippen molar-refractivity contribution in [3.63, 3.8) is 0 Å². The van der Waals surface area contributed by atoms with Gasteiger partial charge in [0.1, 0.15) is 0 Å². The van der Waals surface area contributed by atoms with Crippen LogP contribution in [0.4, 0.5) is 0 Å². The molecule has 0 spiro atoms. The number of hydrogen-bond donors (Lipinski definition) is 0. The van der Waals surface area contributed by atoms with Crippen molar-refractivity contribution < 1.29 is 0 Å². The summed E-state index contributed by atoms with van der Waals surface area (Å²) >= 11 is 0. The minimum Gasteiger partial charge on any atom is -0.208 e. The topological polar surface area (TPSA) is 38.7 Å². The lowest BCUT2D eigenvalue weighted by Gasteiger charge is -2.15. The Hall–Kier alpha value is -8.01. The molecule has 0 saturated carbocycles. The monoisotopic (exact) mass is 763 g/mol. The lowest BCUT2D eigenvalue weighted by Crippen LogP contribution is -2.02. The number of rotatable bonds is 7. The Bertz CT molecular complexity index is 3350. The van der Waals surface area contributed by atoms with Gasteiger partial charge >= 0.3 is 0 Å². The van der Waals surface area contributed by atoms with Crippen LogP contribution < -0.4 is 0 Å². The third-order valence-electron chi connectivity index (χ3n) is 11.6. The van der Waals surface area contributed by atoms with Crippen LogP contribution in [0.1, 0.15) is 0 Å². The maximum Gasteiger partial charge on any atom is 0.165 e. The zero-order valence-electron chi connectivity index (χ0n) is 32.7. The van der Waals surface area contributed by atoms with E-state index in [2.05, 4.69) is 224 Å². The maximum absolute atomic E-state index is 5.36. The lowest BCUT2D eigenvalue weighted by molar-refractivity contribution is 1.08. The van der Waals surface area contributed by atoms with Crippen molar-refractivity contribution in [3.8, 4) is 78.7 Å². The average Bonchev–Trinajstić information content (AvgIpc) is 3.33. The Kier molecular flexibility index (Phi) is 8.83. The highest BCUT2D eigenvalue weighted by Gasteiger charge is 2.19. The molecule has 1 heterocycles. The Morgan fingerprint density at radius 3 is 1.33 bits per heavy atom. The van der Waals surface area contributed by atoms with Crippen molar-refractivity contribution in [2.45, 2.75) is 0 Å². The summed E-state index contributed by atoms with van der Waals surface area (Å²) in [5.74, 6) is 1.87. The molecule has 0 fully saturated rings. The zero-order chi connectivity index (χ0) is 39.8. The molecular weight excluding hydrogens is 727 g/mol. The van der Waals surface area contributed by atoms with Crippen LogP contribution >= 0.6 is 0 Å². The van der Waals surface area contributed by atoms with Gasteiger partial charge in [0.25, 0.3) is 0 Å². The number of benzene rings is 10. The van der Waals surface area contributed by atoms with Crippen molar-refractivity contribution >= 4 is 32.3 Å². The first-order chi connectivity index (χ1) is 29.7. The van der Waals surface area contributed by atoms with Gasteiger partial charge < -0.3 is 0 Å². The summed E-state index contributed by atoms with van der Waals surface area (Å²) in [6.07, 6.45) is 0. The molecule has 0 saturated heterocycles. The first kappa shape index (κ1) is 35.2. The SMILES string of the molecule is c1ccc(-c2ccc3ccccc3c2-c2nc(-c3ccc(-c4cccc5ccccc45)cc3)nc(-c3cccc(-c4cccc5c(-c6ccccc6)cccc45)c3)n2)cc1. The van der Waals surface area contributed by atoms with E-state index in [1.165, 1.54) is 38.2 Å². The Labute approximate surface area is 349 Å². The third kappa shape index (κ3) is 6.39. The fourth-order valence-electron chi connectivity index (χ4n) is 8.65. The van der Waals surface area contributed by atoms with E-state index in [9.17, 15) is 0 Å². The molecular formula is C57H37N3. The van der Waals surface area contributed by atoms with Crippen molar-refractivity contribution in [2.75, 3.05) is 0 Å². The minimum atomic E-state index is 0.618. The van der Waals surface area contributed by atoms with E-state index in [4.69, 9.17) is 15.0 Å². The minimum absolute atomic E-state index is 0.618. The van der Waals surface area contributed by atoms with Gasteiger partial charge in [-0.3, -0.25) is 0 Å². The van der Waals surface area contributed by atoms with Crippen LogP contribution in [0, 0.1) is 0 Å². The Morgan fingerprint density at radius 2 is 0.633 bits per heavy atom. The summed E-state index contributed by atoms with van der Waals surface area (Å²) in [5.41, 5.74) is 12.0. The maximum atomic E-state index is 5.36. The molecule has 60 heavy (non-hydrogen) atoms. The fraction of sp³-hybridized carbons (Fsp3) is 0. The summed E-state index contributed by atoms with van der Waals surface area (Å²) in [5, 5.41) is 7.08. The van der Waals surface area contributed by atoms with E-state index in [1.54, 1.807) is 0 Å². The number of hydrogen-bond acceptors (Lipinski definition) is 3. The van der Waals surface area contributed by atoms with Crippen LogP contribution in [0.3, 0.4) is 0 Å². The molecule has 0 bridgehead atoms. The molecule has 11 rings (SSSR count). The molecule has 0 aliphatic carbocycles. The average molecular weight is 764 g/mol. The number of fused-ring (bicyclic) bond motifs is 3. The molecule has 0 atom stereocenters. The Balaban J connectivity index is 1.10. The number of aromatic nitrogens is 3. The molecule has 0 unspecified atom stereocenters. The molecule has 0 N–H and O–H groups in total. The predicted molar refractivity (Wildman–Crippen MR) is 250 cm³/mol. The highest BCUT2D eigenvalue weighted by Crippen LogP contribution is 2.40. The largest absolute Gasteiger partial charge is 0.208 e. The summed E-state index contributed by atoms with van der Waals surface area (Å²) in [6, 6.07) is 79.4. The molecule has 10 aromatic carbocycles. The van der Waals surface area contributed by atoms with Gasteiger partial charge in [0, 0.05) is 16.7 Å². The molecule has 0 aliphatic rings. The second-order valence-corrected chi connectivity index (χ2v) is 15.1. The van der Waals surface area contributed by atoms with Crippen LogP contribution in [-0.2, 0) is 0 Å². The van der Waals surface area contributed by atoms with E-state index in [0.717, 1.165) is 55.3 Å². The van der Waals surface area contributed by atoms with E-state index >= 15 is 0 Å². The van der Waals surface area contributed by atoms with Crippen LogP contribution in [0.25, 0.3) is 111 Å². The molecule has 0 amide bonds. The smallest absolute Gasteiger partial charge is 0.165 e. The Morgan fingerprint density at radius 1 is 0.217 bits per heavy atom. The molecule has 0 aliphatic heterocycles. The quantitative estimate of drug-likeness (QED) is 0.162. The first-order valence-corrected chi connectivity index (χ1v) is 20.4. The molecule has 11 aromatic rings. The van der Waals surface area contributed by atoms with Crippen molar-refractivity contribution in [3.05, 3.63) is 224 Å². The van der Waals surface area contributed by atoms with E-state index < -0.39 is 0 Å². The van der Waals surface area contributed by atoms with Gasteiger partial charge in [0.05, 0.1) is 0 Å². The summed E-state index contributed by atoms with van der Waals surface area (Å²) in [4.78, 5) is 16.0. The first-order valence-electron chi connectivity index (χ1n) is 20.4. The van der Waals surface area contributed by atoms with Gasteiger partial charge in [-0.1, -0.05) is 218 Å². The van der Waals surface area contributed by atoms with Gasteiger partial charge in [-0.15, -0.1) is 0 Å². The molecule has 3 heteroatoms. The van der Waals surface area contributed by atoms with Gasteiger partial charge in [-0.25, -0.2) is 15.0 Å². The van der Waals surface area contributed by atoms with Crippen LogP contribution in [0.5, 0.6) is 0 Å². The summed E-state index contributed by atoms with van der Waals surface area (Å²) in [6.45, 7) is 0. The van der Waals surface area contributed by atoms with Crippen molar-refractivity contribution in [1.29, 1.82) is 0 Å². The van der Waals surface area contributed by atoms with Crippen molar-refractivity contribution in [2.24, 2.45) is 0 Å².